The fourth-order valence-corrected chi connectivity index (χ4v) is 2.05. The van der Waals surface area contributed by atoms with E-state index < -0.39 is 0 Å². The third-order valence-corrected chi connectivity index (χ3v) is 3.06. The summed E-state index contributed by atoms with van der Waals surface area (Å²) >= 11 is 1.51. The van der Waals surface area contributed by atoms with Gasteiger partial charge in [-0.3, -0.25) is 0 Å². The molecule has 100 valence electrons. The fraction of sp³-hybridized carbons (Fsp3) is 0.308. The van der Waals surface area contributed by atoms with Crippen LogP contribution in [-0.4, -0.2) is 34.0 Å². The van der Waals surface area contributed by atoms with Gasteiger partial charge in [0.25, 0.3) is 0 Å². The van der Waals surface area contributed by atoms with E-state index in [1.807, 2.05) is 44.4 Å². The number of rotatable bonds is 5. The number of aryl methyl sites for hydroxylation is 1. The highest BCUT2D eigenvalue weighted by Gasteiger charge is 2.05. The number of nitrogens with zero attached hydrogens (tertiary/aromatic N) is 4. The van der Waals surface area contributed by atoms with Gasteiger partial charge >= 0.3 is 0 Å². The average Bonchev–Trinajstić information content (AvgIpc) is 2.78. The number of hydrogen-bond donors (Lipinski definition) is 0. The van der Waals surface area contributed by atoms with E-state index >= 15 is 0 Å². The quantitative estimate of drug-likeness (QED) is 0.622. The Morgan fingerprint density at radius 1 is 1.42 bits per heavy atom. The molecule has 1 aromatic carbocycles. The Hall–Kier alpha value is -1.82. The second-order valence-electron chi connectivity index (χ2n) is 3.80. The minimum absolute atomic E-state index is 0.655. The van der Waals surface area contributed by atoms with Gasteiger partial charge in [-0.25, -0.2) is 0 Å². The van der Waals surface area contributed by atoms with E-state index in [0.717, 1.165) is 22.3 Å². The zero-order valence-electron chi connectivity index (χ0n) is 11.2. The summed E-state index contributed by atoms with van der Waals surface area (Å²) in [5.41, 5.74) is 0.978. The predicted molar refractivity (Wildman–Crippen MR) is 77.1 cm³/mol. The van der Waals surface area contributed by atoms with Gasteiger partial charge in [-0.1, -0.05) is 23.9 Å². The van der Waals surface area contributed by atoms with E-state index in [1.54, 1.807) is 10.9 Å². The first-order valence-electron chi connectivity index (χ1n) is 5.97. The maximum absolute atomic E-state index is 5.45. The highest BCUT2D eigenvalue weighted by Crippen LogP contribution is 2.14. The number of ether oxygens (including phenoxy) is 1. The van der Waals surface area contributed by atoms with Crippen molar-refractivity contribution in [2.75, 3.05) is 12.9 Å². The van der Waals surface area contributed by atoms with E-state index in [1.165, 1.54) is 11.8 Å². The van der Waals surface area contributed by atoms with Crippen LogP contribution in [0.15, 0.2) is 34.5 Å². The van der Waals surface area contributed by atoms with Gasteiger partial charge in [0.1, 0.15) is 5.75 Å². The van der Waals surface area contributed by atoms with Crippen molar-refractivity contribution in [3.05, 3.63) is 35.7 Å². The summed E-state index contributed by atoms with van der Waals surface area (Å²) in [5, 5.41) is 13.2. The Kier molecular flexibility index (Phi) is 4.57. The molecule has 19 heavy (non-hydrogen) atoms. The molecular weight excluding hydrogens is 260 g/mol. The minimum Gasteiger partial charge on any atom is -0.494 e. The normalized spacial score (nSPS) is 11.1. The van der Waals surface area contributed by atoms with Crippen molar-refractivity contribution in [2.45, 2.75) is 19.0 Å². The van der Waals surface area contributed by atoms with Crippen LogP contribution < -0.4 is 4.74 Å². The molecule has 1 aromatic heterocycles. The standard InChI is InChI=1S/C13H16N4OS/c1-4-18-12-7-5-6-11(8-12)9-14-17-10(2)15-16-13(17)19-3/h5-9H,4H2,1-3H3/b14-9-. The van der Waals surface area contributed by atoms with Crippen LogP contribution in [0.3, 0.4) is 0 Å². The second kappa shape index (κ2) is 6.38. The molecule has 0 aliphatic heterocycles. The first kappa shape index (κ1) is 13.6. The SMILES string of the molecule is CCOc1cccc(/C=N\n2c(C)nnc2SC)c1. The van der Waals surface area contributed by atoms with Gasteiger partial charge in [-0.05, 0) is 37.8 Å². The molecule has 0 aliphatic rings. The van der Waals surface area contributed by atoms with Crippen molar-refractivity contribution in [3.63, 3.8) is 0 Å². The van der Waals surface area contributed by atoms with Crippen molar-refractivity contribution in [2.24, 2.45) is 5.10 Å². The minimum atomic E-state index is 0.655. The van der Waals surface area contributed by atoms with Crippen molar-refractivity contribution in [3.8, 4) is 5.75 Å². The zero-order chi connectivity index (χ0) is 13.7. The number of thioether (sulfide) groups is 1. The molecule has 1 heterocycles. The number of benzene rings is 1. The highest BCUT2D eigenvalue weighted by molar-refractivity contribution is 7.98. The lowest BCUT2D eigenvalue weighted by molar-refractivity contribution is 0.340. The van der Waals surface area contributed by atoms with Crippen molar-refractivity contribution in [1.82, 2.24) is 14.9 Å². The number of hydrogen-bond acceptors (Lipinski definition) is 5. The highest BCUT2D eigenvalue weighted by atomic mass is 32.2. The number of aromatic nitrogens is 3. The van der Waals surface area contributed by atoms with Crippen molar-refractivity contribution < 1.29 is 4.74 Å². The largest absolute Gasteiger partial charge is 0.494 e. The lowest BCUT2D eigenvalue weighted by Crippen LogP contribution is -1.96. The van der Waals surface area contributed by atoms with Crippen LogP contribution in [0, 0.1) is 6.92 Å². The maximum atomic E-state index is 5.45. The first-order valence-corrected chi connectivity index (χ1v) is 7.20. The first-order chi connectivity index (χ1) is 9.24. The van der Waals surface area contributed by atoms with E-state index in [9.17, 15) is 0 Å². The van der Waals surface area contributed by atoms with E-state index in [-0.39, 0.29) is 0 Å². The van der Waals surface area contributed by atoms with Crippen molar-refractivity contribution >= 4 is 18.0 Å². The van der Waals surface area contributed by atoms with Crippen LogP contribution in [0.1, 0.15) is 18.3 Å². The maximum Gasteiger partial charge on any atom is 0.211 e. The van der Waals surface area contributed by atoms with Crippen LogP contribution >= 0.6 is 11.8 Å². The molecule has 0 saturated heterocycles. The van der Waals surface area contributed by atoms with Crippen LogP contribution in [0.4, 0.5) is 0 Å². The Morgan fingerprint density at radius 2 is 2.26 bits per heavy atom. The lowest BCUT2D eigenvalue weighted by Gasteiger charge is -2.03. The van der Waals surface area contributed by atoms with Gasteiger partial charge in [0.05, 0.1) is 12.8 Å². The molecule has 0 amide bonds. The van der Waals surface area contributed by atoms with Crippen molar-refractivity contribution in [1.29, 1.82) is 0 Å². The monoisotopic (exact) mass is 276 g/mol. The summed E-state index contributed by atoms with van der Waals surface area (Å²) in [7, 11) is 0. The second-order valence-corrected chi connectivity index (χ2v) is 4.57. The fourth-order valence-electron chi connectivity index (χ4n) is 1.57. The molecular formula is C13H16N4OS. The van der Waals surface area contributed by atoms with E-state index in [2.05, 4.69) is 15.3 Å². The summed E-state index contributed by atoms with van der Waals surface area (Å²) in [6, 6.07) is 7.80. The van der Waals surface area contributed by atoms with Crippen LogP contribution in [0.25, 0.3) is 0 Å². The molecule has 6 heteroatoms. The third kappa shape index (κ3) is 3.35. The smallest absolute Gasteiger partial charge is 0.211 e. The van der Waals surface area contributed by atoms with Gasteiger partial charge in [-0.2, -0.15) is 9.78 Å². The molecule has 2 aromatic rings. The van der Waals surface area contributed by atoms with Gasteiger partial charge < -0.3 is 4.74 Å². The summed E-state index contributed by atoms with van der Waals surface area (Å²) in [6.07, 6.45) is 3.73. The van der Waals surface area contributed by atoms with E-state index in [4.69, 9.17) is 4.74 Å². The molecule has 0 N–H and O–H groups in total. The van der Waals surface area contributed by atoms with Gasteiger partial charge in [0.15, 0.2) is 5.82 Å². The van der Waals surface area contributed by atoms with Gasteiger partial charge in [0, 0.05) is 0 Å². The topological polar surface area (TPSA) is 52.3 Å². The van der Waals surface area contributed by atoms with Gasteiger partial charge in [-0.15, -0.1) is 10.2 Å². The summed E-state index contributed by atoms with van der Waals surface area (Å²) < 4.78 is 7.18. The average molecular weight is 276 g/mol. The van der Waals surface area contributed by atoms with E-state index in [0.29, 0.717) is 6.61 Å². The Morgan fingerprint density at radius 3 is 3.00 bits per heavy atom. The molecule has 0 unspecified atom stereocenters. The summed E-state index contributed by atoms with van der Waals surface area (Å²) in [6.45, 7) is 4.49. The van der Waals surface area contributed by atoms with Crippen LogP contribution in [0.2, 0.25) is 0 Å². The predicted octanol–water partition coefficient (Wildman–Crippen LogP) is 2.59. The molecule has 0 spiro atoms. The third-order valence-electron chi connectivity index (χ3n) is 2.44. The molecule has 5 nitrogen and oxygen atoms in total. The summed E-state index contributed by atoms with van der Waals surface area (Å²) in [4.78, 5) is 0. The summed E-state index contributed by atoms with van der Waals surface area (Å²) in [5.74, 6) is 1.61. The Balaban J connectivity index is 2.22. The molecule has 0 fully saturated rings. The van der Waals surface area contributed by atoms with Crippen LogP contribution in [-0.2, 0) is 0 Å². The van der Waals surface area contributed by atoms with Gasteiger partial charge in [0.2, 0.25) is 5.16 Å². The molecule has 2 rings (SSSR count). The van der Waals surface area contributed by atoms with Crippen LogP contribution in [0.5, 0.6) is 5.75 Å². The zero-order valence-corrected chi connectivity index (χ0v) is 12.0. The molecule has 0 radical (unpaired) electrons. The molecule has 0 atom stereocenters. The Bertz CT molecular complexity index is 580. The molecule has 0 bridgehead atoms. The molecule has 0 saturated carbocycles. The Labute approximate surface area is 116 Å². The lowest BCUT2D eigenvalue weighted by atomic mass is 10.2. The molecule has 0 aliphatic carbocycles.